The standard InChI is InChI=1S/C23H37NO2.C3H3NS.CH2O2/c1-15(2)11-19-12-18(16(3)4)14-24(19)22(25)17-9-10-20(23(5,6)7)21(13-17)26-8;1-2-5-3-4-1;2-1-3/h9-10,13,15-16,18-19H,11-12,14H2,1-8H3;1-3H;1H,(H,2,3). The molecule has 2 atom stereocenters. The lowest BCUT2D eigenvalue weighted by molar-refractivity contribution is -0.122. The van der Waals surface area contributed by atoms with Crippen molar-refractivity contribution in [2.75, 3.05) is 13.7 Å². The molecule has 1 amide bonds. The van der Waals surface area contributed by atoms with E-state index < -0.39 is 0 Å². The summed E-state index contributed by atoms with van der Waals surface area (Å²) in [5.74, 6) is 2.76. The molecule has 6 nitrogen and oxygen atoms in total. The van der Waals surface area contributed by atoms with Gasteiger partial charge in [0, 0.05) is 29.7 Å². The summed E-state index contributed by atoms with van der Waals surface area (Å²) < 4.78 is 5.61. The lowest BCUT2D eigenvalue weighted by Crippen LogP contribution is -2.36. The highest BCUT2D eigenvalue weighted by molar-refractivity contribution is 7.07. The number of methoxy groups -OCH3 is 1. The van der Waals surface area contributed by atoms with Gasteiger partial charge in [0.2, 0.25) is 0 Å². The van der Waals surface area contributed by atoms with Gasteiger partial charge in [0.25, 0.3) is 12.4 Å². The minimum atomic E-state index is -0.250. The molecule has 190 valence electrons. The van der Waals surface area contributed by atoms with Gasteiger partial charge in [-0.25, -0.2) is 0 Å². The summed E-state index contributed by atoms with van der Waals surface area (Å²) in [6, 6.07) is 6.31. The van der Waals surface area contributed by atoms with Gasteiger partial charge in [0.05, 0.1) is 12.6 Å². The number of hydrogen-bond acceptors (Lipinski definition) is 5. The summed E-state index contributed by atoms with van der Waals surface area (Å²) >= 11 is 1.60. The molecule has 1 N–H and O–H groups in total. The van der Waals surface area contributed by atoms with Crippen LogP contribution in [-0.2, 0) is 10.2 Å². The highest BCUT2D eigenvalue weighted by Gasteiger charge is 2.37. The van der Waals surface area contributed by atoms with Crippen LogP contribution < -0.4 is 4.74 Å². The van der Waals surface area contributed by atoms with Crippen LogP contribution in [0, 0.1) is 17.8 Å². The Morgan fingerprint density at radius 3 is 2.35 bits per heavy atom. The number of ether oxygens (including phenoxy) is 1. The summed E-state index contributed by atoms with van der Waals surface area (Å²) in [6.45, 7) is 16.1. The molecule has 1 saturated heterocycles. The number of likely N-dealkylation sites (tertiary alicyclic amines) is 1. The zero-order valence-corrected chi connectivity index (χ0v) is 22.8. The largest absolute Gasteiger partial charge is 0.496 e. The molecule has 1 aromatic heterocycles. The highest BCUT2D eigenvalue weighted by atomic mass is 32.1. The maximum Gasteiger partial charge on any atom is 0.290 e. The van der Waals surface area contributed by atoms with Crippen molar-refractivity contribution < 1.29 is 19.4 Å². The van der Waals surface area contributed by atoms with Gasteiger partial charge in [0.1, 0.15) is 5.75 Å². The molecule has 2 heterocycles. The second-order valence-corrected chi connectivity index (χ2v) is 11.2. The van der Waals surface area contributed by atoms with Crippen LogP contribution in [0.3, 0.4) is 0 Å². The number of nitrogens with zero attached hydrogens (tertiary/aromatic N) is 2. The van der Waals surface area contributed by atoms with Gasteiger partial charge in [0.15, 0.2) is 0 Å². The van der Waals surface area contributed by atoms with E-state index in [-0.39, 0.29) is 17.8 Å². The van der Waals surface area contributed by atoms with Crippen molar-refractivity contribution in [1.82, 2.24) is 9.88 Å². The van der Waals surface area contributed by atoms with Crippen molar-refractivity contribution in [3.63, 3.8) is 0 Å². The van der Waals surface area contributed by atoms with Crippen LogP contribution in [0.1, 0.15) is 77.2 Å². The van der Waals surface area contributed by atoms with E-state index in [2.05, 4.69) is 64.4 Å². The van der Waals surface area contributed by atoms with Gasteiger partial charge in [-0.3, -0.25) is 14.6 Å². The van der Waals surface area contributed by atoms with Gasteiger partial charge in [-0.2, -0.15) is 0 Å². The van der Waals surface area contributed by atoms with Crippen LogP contribution in [0.15, 0.2) is 35.3 Å². The second-order valence-electron chi connectivity index (χ2n) is 10.4. The quantitative estimate of drug-likeness (QED) is 0.493. The first-order valence-corrected chi connectivity index (χ1v) is 12.8. The number of carboxylic acid groups (broad SMARTS) is 1. The topological polar surface area (TPSA) is 79.7 Å². The van der Waals surface area contributed by atoms with Crippen LogP contribution in [0.4, 0.5) is 0 Å². The Balaban J connectivity index is 0.000000614. The predicted molar refractivity (Wildman–Crippen MR) is 140 cm³/mol. The molecule has 34 heavy (non-hydrogen) atoms. The minimum Gasteiger partial charge on any atom is -0.496 e. The van der Waals surface area contributed by atoms with Crippen molar-refractivity contribution in [2.24, 2.45) is 17.8 Å². The van der Waals surface area contributed by atoms with Crippen LogP contribution in [0.2, 0.25) is 0 Å². The molecule has 7 heteroatoms. The van der Waals surface area contributed by atoms with E-state index in [0.29, 0.717) is 23.8 Å². The zero-order chi connectivity index (χ0) is 25.9. The highest BCUT2D eigenvalue weighted by Crippen LogP contribution is 2.35. The number of carbonyl (C=O) groups excluding carboxylic acids is 1. The minimum absolute atomic E-state index is 0.0104. The van der Waals surface area contributed by atoms with E-state index in [9.17, 15) is 4.79 Å². The third-order valence-electron chi connectivity index (χ3n) is 6.00. The summed E-state index contributed by atoms with van der Waals surface area (Å²) in [7, 11) is 1.69. The molecule has 3 rings (SSSR count). The number of amides is 1. The fourth-order valence-corrected chi connectivity index (χ4v) is 4.59. The zero-order valence-electron chi connectivity index (χ0n) is 21.9. The van der Waals surface area contributed by atoms with E-state index >= 15 is 0 Å². The molecule has 0 bridgehead atoms. The molecule has 0 spiro atoms. The molecule has 0 radical (unpaired) electrons. The first kappa shape index (κ1) is 29.6. The Morgan fingerprint density at radius 2 is 1.94 bits per heavy atom. The molecule has 2 unspecified atom stereocenters. The molecule has 1 aliphatic heterocycles. The molecule has 0 saturated carbocycles. The average Bonchev–Trinajstić information content (AvgIpc) is 3.46. The van der Waals surface area contributed by atoms with E-state index in [1.54, 1.807) is 30.2 Å². The fraction of sp³-hybridized carbons (Fsp3) is 0.593. The predicted octanol–water partition coefficient (Wildman–Crippen LogP) is 6.37. The Kier molecular flexibility index (Phi) is 12.3. The van der Waals surface area contributed by atoms with Gasteiger partial charge in [-0.05, 0) is 53.7 Å². The van der Waals surface area contributed by atoms with E-state index in [1.807, 2.05) is 17.5 Å². The number of thiazole rings is 1. The van der Waals surface area contributed by atoms with E-state index in [4.69, 9.17) is 14.6 Å². The number of aromatic nitrogens is 1. The SMILES string of the molecule is COc1cc(C(=O)N2CC(C(C)C)CC2CC(C)C)ccc1C(C)(C)C.O=CO.c1cscn1. The normalized spacial score (nSPS) is 17.5. The number of benzene rings is 1. The molecular formula is C27H42N2O4S. The first-order valence-electron chi connectivity index (χ1n) is 11.9. The van der Waals surface area contributed by atoms with Gasteiger partial charge >= 0.3 is 0 Å². The summed E-state index contributed by atoms with van der Waals surface area (Å²) in [5.41, 5.74) is 3.66. The molecular weight excluding hydrogens is 448 g/mol. The fourth-order valence-electron chi connectivity index (χ4n) is 4.24. The first-order chi connectivity index (χ1) is 16.0. The van der Waals surface area contributed by atoms with E-state index in [0.717, 1.165) is 36.3 Å². The van der Waals surface area contributed by atoms with Crippen molar-refractivity contribution in [1.29, 1.82) is 0 Å². The van der Waals surface area contributed by atoms with Gasteiger partial charge < -0.3 is 14.7 Å². The maximum absolute atomic E-state index is 13.3. The van der Waals surface area contributed by atoms with Crippen molar-refractivity contribution in [3.8, 4) is 5.75 Å². The third kappa shape index (κ3) is 9.09. The number of carbonyl (C=O) groups is 2. The van der Waals surface area contributed by atoms with Crippen molar-refractivity contribution in [2.45, 2.75) is 72.8 Å². The van der Waals surface area contributed by atoms with Crippen LogP contribution in [0.5, 0.6) is 5.75 Å². The Hall–Kier alpha value is -2.41. The number of rotatable bonds is 5. The number of hydrogen-bond donors (Lipinski definition) is 1. The lowest BCUT2D eigenvalue weighted by Gasteiger charge is -2.27. The molecule has 1 aromatic carbocycles. The van der Waals surface area contributed by atoms with Crippen molar-refractivity contribution in [3.05, 3.63) is 46.4 Å². The molecule has 1 aliphatic rings. The van der Waals surface area contributed by atoms with Crippen molar-refractivity contribution >= 4 is 23.7 Å². The summed E-state index contributed by atoms with van der Waals surface area (Å²) in [4.78, 5) is 27.5. The monoisotopic (exact) mass is 490 g/mol. The summed E-state index contributed by atoms with van der Waals surface area (Å²) in [6.07, 6.45) is 3.97. The third-order valence-corrected chi connectivity index (χ3v) is 6.52. The summed E-state index contributed by atoms with van der Waals surface area (Å²) in [5, 5.41) is 8.82. The van der Waals surface area contributed by atoms with E-state index in [1.165, 1.54) is 0 Å². The Labute approximate surface area is 209 Å². The maximum atomic E-state index is 13.3. The van der Waals surface area contributed by atoms with Crippen LogP contribution >= 0.6 is 11.3 Å². The van der Waals surface area contributed by atoms with Crippen LogP contribution in [0.25, 0.3) is 0 Å². The molecule has 0 aliphatic carbocycles. The van der Waals surface area contributed by atoms with Crippen LogP contribution in [-0.4, -0.2) is 47.1 Å². The molecule has 2 aromatic rings. The van der Waals surface area contributed by atoms with Gasteiger partial charge in [-0.1, -0.05) is 54.5 Å². The van der Waals surface area contributed by atoms with Gasteiger partial charge in [-0.15, -0.1) is 11.3 Å². The second kappa shape index (κ2) is 14.1. The molecule has 1 fully saturated rings. The smallest absolute Gasteiger partial charge is 0.290 e. The Bertz CT molecular complexity index is 843. The lowest BCUT2D eigenvalue weighted by atomic mass is 9.85. The average molecular weight is 491 g/mol. The Morgan fingerprint density at radius 1 is 1.29 bits per heavy atom.